The van der Waals surface area contributed by atoms with Crippen LogP contribution in [0, 0.1) is 30.9 Å². The topological polar surface area (TPSA) is 68.6 Å². The number of rotatable bonds is 5. The lowest BCUT2D eigenvalue weighted by atomic mass is 10.1. The molecule has 5 nitrogen and oxygen atoms in total. The van der Waals surface area contributed by atoms with Crippen molar-refractivity contribution in [2.75, 3.05) is 0 Å². The highest BCUT2D eigenvalue weighted by atomic mass is 79.9. The number of nitro benzene ring substituents is 1. The molecule has 0 saturated carbocycles. The zero-order valence-electron chi connectivity index (χ0n) is 15.0. The minimum absolute atomic E-state index is 0.0680. The Morgan fingerprint density at radius 1 is 1.15 bits per heavy atom. The number of nitrogens with zero attached hydrogens (tertiary/aromatic N) is 2. The van der Waals surface area contributed by atoms with Crippen LogP contribution in [0.5, 0.6) is 0 Å². The van der Waals surface area contributed by atoms with Crippen molar-refractivity contribution < 1.29 is 9.34 Å². The molecular formula is C20H17BrN2O3S. The SMILES string of the molecule is Cc1ccc(Sc2oc(C=Nc3cc(C)c(C)c([N+](=O)[O-])c3)cc2Br)cc1. The Bertz CT molecular complexity index is 1030. The van der Waals surface area contributed by atoms with Crippen LogP contribution in [-0.4, -0.2) is 11.1 Å². The first-order chi connectivity index (χ1) is 12.8. The fraction of sp³-hybridized carbons (Fsp3) is 0.150. The molecule has 0 aliphatic carbocycles. The smallest absolute Gasteiger partial charge is 0.274 e. The maximum Gasteiger partial charge on any atom is 0.274 e. The third-order valence-corrected chi connectivity index (χ3v) is 5.92. The molecule has 0 spiro atoms. The van der Waals surface area contributed by atoms with Crippen molar-refractivity contribution in [1.29, 1.82) is 0 Å². The summed E-state index contributed by atoms with van der Waals surface area (Å²) in [5.74, 6) is 0.567. The van der Waals surface area contributed by atoms with Gasteiger partial charge in [-0.25, -0.2) is 0 Å². The Morgan fingerprint density at radius 2 is 1.85 bits per heavy atom. The quantitative estimate of drug-likeness (QED) is 0.247. The number of furan rings is 1. The first-order valence-corrected chi connectivity index (χ1v) is 9.78. The van der Waals surface area contributed by atoms with Gasteiger partial charge in [0, 0.05) is 22.6 Å². The number of hydrogen-bond acceptors (Lipinski definition) is 5. The molecule has 1 heterocycles. The van der Waals surface area contributed by atoms with Gasteiger partial charge < -0.3 is 4.42 Å². The molecular weight excluding hydrogens is 428 g/mol. The minimum Gasteiger partial charge on any atom is -0.447 e. The summed E-state index contributed by atoms with van der Waals surface area (Å²) in [6.45, 7) is 5.61. The Balaban J connectivity index is 1.82. The molecule has 0 N–H and O–H groups in total. The number of nitro groups is 1. The van der Waals surface area contributed by atoms with Crippen molar-refractivity contribution in [2.45, 2.75) is 30.8 Å². The van der Waals surface area contributed by atoms with E-state index in [4.69, 9.17) is 4.42 Å². The van der Waals surface area contributed by atoms with Crippen LogP contribution in [0.3, 0.4) is 0 Å². The summed E-state index contributed by atoms with van der Waals surface area (Å²) in [6.07, 6.45) is 1.57. The summed E-state index contributed by atoms with van der Waals surface area (Å²) in [4.78, 5) is 16.2. The fourth-order valence-corrected chi connectivity index (χ4v) is 3.77. The third-order valence-electron chi connectivity index (χ3n) is 4.07. The molecule has 0 amide bonds. The molecule has 0 aliphatic rings. The van der Waals surface area contributed by atoms with Gasteiger partial charge in [0.05, 0.1) is 21.3 Å². The van der Waals surface area contributed by atoms with E-state index in [-0.39, 0.29) is 10.6 Å². The van der Waals surface area contributed by atoms with E-state index >= 15 is 0 Å². The fourth-order valence-electron chi connectivity index (χ4n) is 2.44. The van der Waals surface area contributed by atoms with E-state index in [9.17, 15) is 10.1 Å². The molecule has 7 heteroatoms. The second-order valence-corrected chi connectivity index (χ2v) is 8.02. The normalized spacial score (nSPS) is 11.3. The zero-order valence-corrected chi connectivity index (χ0v) is 17.4. The molecule has 27 heavy (non-hydrogen) atoms. The van der Waals surface area contributed by atoms with E-state index in [2.05, 4.69) is 20.9 Å². The van der Waals surface area contributed by atoms with Crippen LogP contribution in [0.2, 0.25) is 0 Å². The van der Waals surface area contributed by atoms with Gasteiger partial charge in [0.2, 0.25) is 0 Å². The van der Waals surface area contributed by atoms with Crippen molar-refractivity contribution in [3.63, 3.8) is 0 Å². The van der Waals surface area contributed by atoms with E-state index < -0.39 is 0 Å². The van der Waals surface area contributed by atoms with Gasteiger partial charge in [-0.15, -0.1) is 0 Å². The van der Waals surface area contributed by atoms with E-state index in [0.717, 1.165) is 20.0 Å². The van der Waals surface area contributed by atoms with Gasteiger partial charge in [0.15, 0.2) is 5.09 Å². The Hall–Kier alpha value is -2.38. The van der Waals surface area contributed by atoms with Crippen LogP contribution >= 0.6 is 27.7 Å². The predicted molar refractivity (Wildman–Crippen MR) is 112 cm³/mol. The van der Waals surface area contributed by atoms with Crippen molar-refractivity contribution >= 4 is 45.3 Å². The number of hydrogen-bond donors (Lipinski definition) is 0. The average Bonchev–Trinajstić information content (AvgIpc) is 2.97. The van der Waals surface area contributed by atoms with Gasteiger partial charge in [-0.3, -0.25) is 15.1 Å². The van der Waals surface area contributed by atoms with Gasteiger partial charge in [-0.05, 0) is 60.5 Å². The van der Waals surface area contributed by atoms with Gasteiger partial charge >= 0.3 is 0 Å². The summed E-state index contributed by atoms with van der Waals surface area (Å²) in [5, 5.41) is 11.9. The van der Waals surface area contributed by atoms with Crippen LogP contribution < -0.4 is 0 Å². The monoisotopic (exact) mass is 444 g/mol. The third kappa shape index (κ3) is 4.67. The molecule has 0 atom stereocenters. The highest BCUT2D eigenvalue weighted by Crippen LogP contribution is 2.36. The molecule has 2 aromatic carbocycles. The van der Waals surface area contributed by atoms with Crippen molar-refractivity contribution in [3.8, 4) is 0 Å². The average molecular weight is 445 g/mol. The lowest BCUT2D eigenvalue weighted by Crippen LogP contribution is -1.93. The van der Waals surface area contributed by atoms with Crippen LogP contribution in [0.15, 0.2) is 66.3 Å². The summed E-state index contributed by atoms with van der Waals surface area (Å²) in [6, 6.07) is 13.3. The molecule has 0 fully saturated rings. The van der Waals surface area contributed by atoms with E-state index in [1.54, 1.807) is 13.1 Å². The number of aliphatic imine (C=N–C) groups is 1. The summed E-state index contributed by atoms with van der Waals surface area (Å²) >= 11 is 5.01. The predicted octanol–water partition coefficient (Wildman–Crippen LogP) is 6.78. The highest BCUT2D eigenvalue weighted by Gasteiger charge is 2.14. The lowest BCUT2D eigenvalue weighted by molar-refractivity contribution is -0.385. The Labute approximate surface area is 169 Å². The number of halogens is 1. The minimum atomic E-state index is -0.388. The summed E-state index contributed by atoms with van der Waals surface area (Å²) in [5.41, 5.74) is 3.26. The summed E-state index contributed by atoms with van der Waals surface area (Å²) < 4.78 is 6.67. The first-order valence-electron chi connectivity index (χ1n) is 8.17. The van der Waals surface area contributed by atoms with Crippen molar-refractivity contribution in [2.24, 2.45) is 4.99 Å². The first kappa shape index (κ1) is 19.4. The maximum absolute atomic E-state index is 11.2. The second kappa shape index (κ2) is 8.10. The molecule has 3 rings (SSSR count). The van der Waals surface area contributed by atoms with Crippen LogP contribution in [0.25, 0.3) is 0 Å². The van der Waals surface area contributed by atoms with Crippen LogP contribution in [0.4, 0.5) is 11.4 Å². The maximum atomic E-state index is 11.2. The Morgan fingerprint density at radius 3 is 2.52 bits per heavy atom. The molecule has 1 aromatic heterocycles. The summed E-state index contributed by atoms with van der Waals surface area (Å²) in [7, 11) is 0. The molecule has 0 radical (unpaired) electrons. The van der Waals surface area contributed by atoms with E-state index in [1.807, 2.05) is 50.2 Å². The van der Waals surface area contributed by atoms with Gasteiger partial charge in [-0.1, -0.05) is 29.5 Å². The van der Waals surface area contributed by atoms with Crippen LogP contribution in [0.1, 0.15) is 22.5 Å². The number of benzene rings is 2. The second-order valence-electron chi connectivity index (χ2n) is 6.12. The molecule has 138 valence electrons. The molecule has 0 aliphatic heterocycles. The molecule has 0 bridgehead atoms. The Kier molecular flexibility index (Phi) is 5.82. The molecule has 0 unspecified atom stereocenters. The molecule has 3 aromatic rings. The number of aryl methyl sites for hydroxylation is 2. The van der Waals surface area contributed by atoms with Gasteiger partial charge in [0.1, 0.15) is 5.76 Å². The van der Waals surface area contributed by atoms with E-state index in [1.165, 1.54) is 23.4 Å². The zero-order chi connectivity index (χ0) is 19.6. The molecule has 0 saturated heterocycles. The van der Waals surface area contributed by atoms with Crippen molar-refractivity contribution in [3.05, 3.63) is 79.5 Å². The largest absolute Gasteiger partial charge is 0.447 e. The van der Waals surface area contributed by atoms with Gasteiger partial charge in [0.25, 0.3) is 5.69 Å². The van der Waals surface area contributed by atoms with Crippen molar-refractivity contribution in [1.82, 2.24) is 0 Å². The van der Waals surface area contributed by atoms with Crippen LogP contribution in [-0.2, 0) is 0 Å². The van der Waals surface area contributed by atoms with Gasteiger partial charge in [-0.2, -0.15) is 0 Å². The standard InChI is InChI=1S/C20H17BrN2O3S/c1-12-4-6-17(7-5-12)27-20-18(21)10-16(26-20)11-22-15-8-13(2)14(3)19(9-15)23(24)25/h4-11H,1-3H3. The van der Waals surface area contributed by atoms with E-state index in [0.29, 0.717) is 17.0 Å². The highest BCUT2D eigenvalue weighted by molar-refractivity contribution is 9.10. The lowest BCUT2D eigenvalue weighted by Gasteiger charge is -2.03.